The highest BCUT2D eigenvalue weighted by Gasteiger charge is 2.32. The summed E-state index contributed by atoms with van der Waals surface area (Å²) in [7, 11) is 0. The normalized spacial score (nSPS) is 15.7. The summed E-state index contributed by atoms with van der Waals surface area (Å²) >= 11 is 0. The molecule has 0 fully saturated rings. The maximum absolute atomic E-state index is 12.8. The zero-order valence-electron chi connectivity index (χ0n) is 14.7. The number of hydrogen-bond acceptors (Lipinski definition) is 1. The molecule has 1 atom stereocenters. The van der Waals surface area contributed by atoms with Crippen molar-refractivity contribution in [3.8, 4) is 0 Å². The minimum atomic E-state index is -4.41. The molecule has 1 aromatic rings. The Morgan fingerprint density at radius 3 is 2.42 bits per heavy atom. The van der Waals surface area contributed by atoms with Crippen LogP contribution in [0.15, 0.2) is 48.1 Å². The summed E-state index contributed by atoms with van der Waals surface area (Å²) in [6.45, 7) is 5.68. The third-order valence-electron chi connectivity index (χ3n) is 4.00. The van der Waals surface area contributed by atoms with Gasteiger partial charge in [-0.15, -0.1) is 0 Å². The monoisotopic (exact) mass is 340 g/mol. The molecular formula is C20H27F3O. The molecule has 0 saturated heterocycles. The molecule has 1 nitrogen and oxygen atoms in total. The molecule has 0 heterocycles. The van der Waals surface area contributed by atoms with Crippen LogP contribution in [0, 0.1) is 0 Å². The Labute approximate surface area is 142 Å². The number of alkyl halides is 3. The summed E-state index contributed by atoms with van der Waals surface area (Å²) in [5, 5.41) is 10.5. The van der Waals surface area contributed by atoms with Crippen molar-refractivity contribution in [2.45, 2.75) is 64.7 Å². The second kappa shape index (κ2) is 9.07. The van der Waals surface area contributed by atoms with Crippen LogP contribution in [-0.4, -0.2) is 5.11 Å². The molecule has 0 aliphatic heterocycles. The molecule has 134 valence electrons. The molecule has 0 radical (unpaired) electrons. The van der Waals surface area contributed by atoms with Gasteiger partial charge in [0.15, 0.2) is 0 Å². The highest BCUT2D eigenvalue weighted by atomic mass is 19.4. The molecule has 0 aromatic heterocycles. The van der Waals surface area contributed by atoms with Gasteiger partial charge in [0.25, 0.3) is 0 Å². The lowest BCUT2D eigenvalue weighted by molar-refractivity contribution is -0.137. The van der Waals surface area contributed by atoms with E-state index >= 15 is 0 Å². The molecule has 0 aliphatic carbocycles. The van der Waals surface area contributed by atoms with Crippen molar-refractivity contribution in [2.75, 3.05) is 0 Å². The molecule has 0 amide bonds. The molecule has 0 aliphatic rings. The molecule has 0 spiro atoms. The summed E-state index contributed by atoms with van der Waals surface area (Å²) < 4.78 is 38.3. The molecular weight excluding hydrogens is 313 g/mol. The number of benzene rings is 1. The van der Waals surface area contributed by atoms with Gasteiger partial charge in [0, 0.05) is 0 Å². The number of halogens is 3. The maximum Gasteiger partial charge on any atom is 0.416 e. The SMILES string of the molecule is CCCCCC/C(C)=C/C=C/[C@](C)(O)c1cccc(C(F)(F)F)c1. The van der Waals surface area contributed by atoms with Crippen LogP contribution in [0.3, 0.4) is 0 Å². The highest BCUT2D eigenvalue weighted by molar-refractivity contribution is 5.33. The van der Waals surface area contributed by atoms with E-state index in [9.17, 15) is 18.3 Å². The lowest BCUT2D eigenvalue weighted by Crippen LogP contribution is -2.18. The second-order valence-corrected chi connectivity index (χ2v) is 6.41. The summed E-state index contributed by atoms with van der Waals surface area (Å²) in [4.78, 5) is 0. The molecule has 0 bridgehead atoms. The Hall–Kier alpha value is -1.55. The van der Waals surface area contributed by atoms with Gasteiger partial charge in [-0.3, -0.25) is 0 Å². The van der Waals surface area contributed by atoms with Crippen molar-refractivity contribution in [2.24, 2.45) is 0 Å². The highest BCUT2D eigenvalue weighted by Crippen LogP contribution is 2.32. The van der Waals surface area contributed by atoms with Gasteiger partial charge in [0.2, 0.25) is 0 Å². The van der Waals surface area contributed by atoms with Crippen LogP contribution in [0.4, 0.5) is 13.2 Å². The van der Waals surface area contributed by atoms with E-state index in [-0.39, 0.29) is 5.56 Å². The zero-order valence-corrected chi connectivity index (χ0v) is 14.7. The molecule has 1 N–H and O–H groups in total. The second-order valence-electron chi connectivity index (χ2n) is 6.41. The topological polar surface area (TPSA) is 20.2 Å². The van der Waals surface area contributed by atoms with E-state index in [0.717, 1.165) is 25.0 Å². The Bertz CT molecular complexity index is 568. The Morgan fingerprint density at radius 1 is 1.12 bits per heavy atom. The molecule has 0 saturated carbocycles. The van der Waals surface area contributed by atoms with Gasteiger partial charge < -0.3 is 5.11 Å². The fraction of sp³-hybridized carbons (Fsp3) is 0.500. The van der Waals surface area contributed by atoms with Gasteiger partial charge >= 0.3 is 6.18 Å². The van der Waals surface area contributed by atoms with Crippen molar-refractivity contribution < 1.29 is 18.3 Å². The molecule has 1 aromatic carbocycles. The van der Waals surface area contributed by atoms with Crippen LogP contribution >= 0.6 is 0 Å². The van der Waals surface area contributed by atoms with Crippen molar-refractivity contribution >= 4 is 0 Å². The van der Waals surface area contributed by atoms with Crippen molar-refractivity contribution in [1.82, 2.24) is 0 Å². The number of hydrogen-bond donors (Lipinski definition) is 1. The number of rotatable bonds is 8. The number of unbranched alkanes of at least 4 members (excludes halogenated alkanes) is 3. The van der Waals surface area contributed by atoms with E-state index in [2.05, 4.69) is 6.92 Å². The summed E-state index contributed by atoms with van der Waals surface area (Å²) in [6.07, 6.45) is 6.50. The van der Waals surface area contributed by atoms with E-state index in [1.165, 1.54) is 50.0 Å². The van der Waals surface area contributed by atoms with Gasteiger partial charge in [0.05, 0.1) is 5.56 Å². The van der Waals surface area contributed by atoms with Gasteiger partial charge in [-0.25, -0.2) is 0 Å². The lowest BCUT2D eigenvalue weighted by Gasteiger charge is -2.20. The van der Waals surface area contributed by atoms with Crippen molar-refractivity contribution in [3.63, 3.8) is 0 Å². The first-order chi connectivity index (χ1) is 11.2. The van der Waals surface area contributed by atoms with Crippen molar-refractivity contribution in [3.05, 3.63) is 59.2 Å². The van der Waals surface area contributed by atoms with Gasteiger partial charge in [0.1, 0.15) is 5.60 Å². The van der Waals surface area contributed by atoms with E-state index in [1.807, 2.05) is 13.0 Å². The lowest BCUT2D eigenvalue weighted by atomic mass is 9.93. The fourth-order valence-electron chi connectivity index (χ4n) is 2.42. The Balaban J connectivity index is 2.75. The van der Waals surface area contributed by atoms with Crippen LogP contribution in [0.2, 0.25) is 0 Å². The van der Waals surface area contributed by atoms with Crippen LogP contribution in [0.25, 0.3) is 0 Å². The Morgan fingerprint density at radius 2 is 1.79 bits per heavy atom. The first kappa shape index (κ1) is 20.5. The summed E-state index contributed by atoms with van der Waals surface area (Å²) in [5.41, 5.74) is -0.777. The molecule has 24 heavy (non-hydrogen) atoms. The average molecular weight is 340 g/mol. The fourth-order valence-corrected chi connectivity index (χ4v) is 2.42. The predicted molar refractivity (Wildman–Crippen MR) is 92.7 cm³/mol. The smallest absolute Gasteiger partial charge is 0.381 e. The standard InChI is InChI=1S/C20H27F3O/c1-4-5-6-7-10-16(2)11-9-14-19(3,24)17-12-8-13-18(15-17)20(21,22)23/h8-9,11-15,24H,4-7,10H2,1-3H3/b14-9+,16-11+/t19-/m0/s1. The molecule has 0 unspecified atom stereocenters. The summed E-state index contributed by atoms with van der Waals surface area (Å²) in [5.74, 6) is 0. The van der Waals surface area contributed by atoms with E-state index in [0.29, 0.717) is 0 Å². The minimum Gasteiger partial charge on any atom is -0.381 e. The van der Waals surface area contributed by atoms with Gasteiger partial charge in [-0.1, -0.05) is 56.0 Å². The summed E-state index contributed by atoms with van der Waals surface area (Å²) in [6, 6.07) is 4.81. The van der Waals surface area contributed by atoms with Crippen molar-refractivity contribution in [1.29, 1.82) is 0 Å². The van der Waals surface area contributed by atoms with Crippen LogP contribution in [-0.2, 0) is 11.8 Å². The first-order valence-corrected chi connectivity index (χ1v) is 8.42. The average Bonchev–Trinajstić information content (AvgIpc) is 2.51. The van der Waals surface area contributed by atoms with Crippen LogP contribution in [0.5, 0.6) is 0 Å². The number of allylic oxidation sites excluding steroid dienone is 3. The first-order valence-electron chi connectivity index (χ1n) is 8.42. The quantitative estimate of drug-likeness (QED) is 0.430. The van der Waals surface area contributed by atoms with Gasteiger partial charge in [-0.05, 0) is 50.5 Å². The molecule has 1 rings (SSSR count). The third kappa shape index (κ3) is 6.91. The van der Waals surface area contributed by atoms with E-state index in [1.54, 1.807) is 6.08 Å². The van der Waals surface area contributed by atoms with E-state index < -0.39 is 17.3 Å². The minimum absolute atomic E-state index is 0.225. The maximum atomic E-state index is 12.8. The Kier molecular flexibility index (Phi) is 7.74. The van der Waals surface area contributed by atoms with E-state index in [4.69, 9.17) is 0 Å². The predicted octanol–water partition coefficient (Wildman–Crippen LogP) is 6.39. The largest absolute Gasteiger partial charge is 0.416 e. The molecule has 4 heteroatoms. The third-order valence-corrected chi connectivity index (χ3v) is 4.00. The number of aliphatic hydroxyl groups is 1. The van der Waals surface area contributed by atoms with Crippen LogP contribution < -0.4 is 0 Å². The zero-order chi connectivity index (χ0) is 18.2. The van der Waals surface area contributed by atoms with Crippen LogP contribution in [0.1, 0.15) is 64.0 Å². The van der Waals surface area contributed by atoms with Gasteiger partial charge in [-0.2, -0.15) is 13.2 Å².